The standard InChI is InChI=1S/C19H21F2NO4/c1-11-8-14(9-12(2)17(11)23)16(18(24)25-3)22-10-13-6-4-5-7-15(13)26-19(20)21/h4-9,16,19,22-23H,10H2,1-3H3/t16-/m0/s1. The number of methoxy groups -OCH3 is 1. The van der Waals surface area contributed by atoms with Gasteiger partial charge in [0.05, 0.1) is 7.11 Å². The van der Waals surface area contributed by atoms with Crippen molar-refractivity contribution >= 4 is 5.97 Å². The van der Waals surface area contributed by atoms with Crippen molar-refractivity contribution in [3.05, 3.63) is 58.7 Å². The number of nitrogens with one attached hydrogen (secondary N) is 1. The summed E-state index contributed by atoms with van der Waals surface area (Å²) < 4.78 is 34.4. The number of aromatic hydroxyl groups is 1. The Labute approximate surface area is 150 Å². The molecule has 0 spiro atoms. The highest BCUT2D eigenvalue weighted by Gasteiger charge is 2.23. The molecule has 140 valence electrons. The molecule has 0 aliphatic rings. The number of esters is 1. The Morgan fingerprint density at radius 1 is 1.19 bits per heavy atom. The molecule has 0 saturated heterocycles. The number of phenols is 1. The Morgan fingerprint density at radius 3 is 2.38 bits per heavy atom. The van der Waals surface area contributed by atoms with E-state index < -0.39 is 18.6 Å². The molecule has 5 nitrogen and oxygen atoms in total. The lowest BCUT2D eigenvalue weighted by Crippen LogP contribution is -2.29. The molecular formula is C19H21F2NO4. The van der Waals surface area contributed by atoms with E-state index >= 15 is 0 Å². The fraction of sp³-hybridized carbons (Fsp3) is 0.316. The van der Waals surface area contributed by atoms with Crippen molar-refractivity contribution in [2.24, 2.45) is 0 Å². The molecule has 2 aromatic rings. The van der Waals surface area contributed by atoms with Gasteiger partial charge in [0, 0.05) is 12.1 Å². The zero-order chi connectivity index (χ0) is 19.3. The van der Waals surface area contributed by atoms with E-state index in [2.05, 4.69) is 10.1 Å². The fourth-order valence-electron chi connectivity index (χ4n) is 2.68. The van der Waals surface area contributed by atoms with Gasteiger partial charge < -0.3 is 14.6 Å². The molecule has 26 heavy (non-hydrogen) atoms. The van der Waals surface area contributed by atoms with E-state index in [0.717, 1.165) is 0 Å². The second-order valence-electron chi connectivity index (χ2n) is 5.83. The maximum absolute atomic E-state index is 12.5. The molecule has 0 aliphatic carbocycles. The van der Waals surface area contributed by atoms with Crippen LogP contribution in [0.2, 0.25) is 0 Å². The van der Waals surface area contributed by atoms with Gasteiger partial charge in [-0.25, -0.2) is 4.79 Å². The molecule has 0 heterocycles. The summed E-state index contributed by atoms with van der Waals surface area (Å²) in [6, 6.07) is 8.88. The summed E-state index contributed by atoms with van der Waals surface area (Å²) in [4.78, 5) is 12.2. The van der Waals surface area contributed by atoms with Crippen LogP contribution >= 0.6 is 0 Å². The summed E-state index contributed by atoms with van der Waals surface area (Å²) in [5.74, 6) is -0.327. The first-order chi connectivity index (χ1) is 12.3. The fourth-order valence-corrected chi connectivity index (χ4v) is 2.68. The van der Waals surface area contributed by atoms with Crippen LogP contribution < -0.4 is 10.1 Å². The van der Waals surface area contributed by atoms with Gasteiger partial charge in [0.2, 0.25) is 0 Å². The number of ether oxygens (including phenoxy) is 2. The largest absolute Gasteiger partial charge is 0.507 e. The lowest BCUT2D eigenvalue weighted by atomic mass is 10.00. The lowest BCUT2D eigenvalue weighted by molar-refractivity contribution is -0.143. The molecule has 2 aromatic carbocycles. The number of hydrogen-bond acceptors (Lipinski definition) is 5. The van der Waals surface area contributed by atoms with Gasteiger partial charge in [-0.2, -0.15) is 8.78 Å². The predicted octanol–water partition coefficient (Wildman–Crippen LogP) is 3.61. The van der Waals surface area contributed by atoms with Gasteiger partial charge >= 0.3 is 12.6 Å². The first kappa shape index (κ1) is 19.7. The van der Waals surface area contributed by atoms with E-state index in [9.17, 15) is 18.7 Å². The minimum Gasteiger partial charge on any atom is -0.507 e. The third kappa shape index (κ3) is 4.70. The SMILES string of the molecule is COC(=O)[C@@H](NCc1ccccc1OC(F)F)c1cc(C)c(O)c(C)c1. The molecule has 0 aliphatic heterocycles. The van der Waals surface area contributed by atoms with Crippen LogP contribution in [0.5, 0.6) is 11.5 Å². The van der Waals surface area contributed by atoms with Crippen molar-refractivity contribution in [2.75, 3.05) is 7.11 Å². The Kier molecular flexibility index (Phi) is 6.52. The Hall–Kier alpha value is -2.67. The first-order valence-electron chi connectivity index (χ1n) is 7.97. The second-order valence-corrected chi connectivity index (χ2v) is 5.83. The van der Waals surface area contributed by atoms with Gasteiger partial charge in [0.15, 0.2) is 0 Å². The Bertz CT molecular complexity index is 757. The predicted molar refractivity (Wildman–Crippen MR) is 92.3 cm³/mol. The van der Waals surface area contributed by atoms with Crippen LogP contribution in [0.25, 0.3) is 0 Å². The highest BCUT2D eigenvalue weighted by atomic mass is 19.3. The van der Waals surface area contributed by atoms with Gasteiger partial charge in [0.25, 0.3) is 0 Å². The van der Waals surface area contributed by atoms with E-state index in [0.29, 0.717) is 22.3 Å². The number of alkyl halides is 2. The monoisotopic (exact) mass is 365 g/mol. The highest BCUT2D eigenvalue weighted by Crippen LogP contribution is 2.28. The number of aryl methyl sites for hydroxylation is 2. The van der Waals surface area contributed by atoms with Crippen LogP contribution in [0.1, 0.15) is 28.3 Å². The minimum atomic E-state index is -2.94. The normalized spacial score (nSPS) is 12.1. The molecule has 1 atom stereocenters. The average molecular weight is 365 g/mol. The maximum atomic E-state index is 12.5. The molecule has 0 bridgehead atoms. The molecular weight excluding hydrogens is 344 g/mol. The Balaban J connectivity index is 2.27. The van der Waals surface area contributed by atoms with Crippen molar-refractivity contribution < 1.29 is 28.2 Å². The van der Waals surface area contributed by atoms with Crippen LogP contribution in [0.4, 0.5) is 8.78 Å². The number of halogens is 2. The van der Waals surface area contributed by atoms with Crippen LogP contribution in [-0.2, 0) is 16.1 Å². The van der Waals surface area contributed by atoms with Crippen LogP contribution in [0.15, 0.2) is 36.4 Å². The summed E-state index contributed by atoms with van der Waals surface area (Å²) in [6.07, 6.45) is 0. The zero-order valence-electron chi connectivity index (χ0n) is 14.8. The molecule has 0 radical (unpaired) electrons. The third-order valence-electron chi connectivity index (χ3n) is 3.97. The van der Waals surface area contributed by atoms with Crippen molar-refractivity contribution in [1.29, 1.82) is 0 Å². The summed E-state index contributed by atoms with van der Waals surface area (Å²) in [5.41, 5.74) is 2.33. The molecule has 2 N–H and O–H groups in total. The summed E-state index contributed by atoms with van der Waals surface area (Å²) in [6.45, 7) is 0.634. The van der Waals surface area contributed by atoms with Crippen LogP contribution in [0.3, 0.4) is 0 Å². The quantitative estimate of drug-likeness (QED) is 0.734. The van der Waals surface area contributed by atoms with E-state index in [4.69, 9.17) is 4.74 Å². The minimum absolute atomic E-state index is 0.0386. The number of benzene rings is 2. The highest BCUT2D eigenvalue weighted by molar-refractivity contribution is 5.78. The van der Waals surface area contributed by atoms with Gasteiger partial charge in [-0.3, -0.25) is 5.32 Å². The van der Waals surface area contributed by atoms with Gasteiger partial charge in [-0.15, -0.1) is 0 Å². The molecule has 7 heteroatoms. The number of rotatable bonds is 7. The molecule has 0 aromatic heterocycles. The topological polar surface area (TPSA) is 67.8 Å². The number of hydrogen-bond donors (Lipinski definition) is 2. The lowest BCUT2D eigenvalue weighted by Gasteiger charge is -2.19. The van der Waals surface area contributed by atoms with Crippen LogP contribution in [0, 0.1) is 13.8 Å². The van der Waals surface area contributed by atoms with E-state index in [1.54, 1.807) is 44.2 Å². The van der Waals surface area contributed by atoms with E-state index in [1.165, 1.54) is 13.2 Å². The summed E-state index contributed by atoms with van der Waals surface area (Å²) >= 11 is 0. The Morgan fingerprint density at radius 2 is 1.81 bits per heavy atom. The maximum Gasteiger partial charge on any atom is 0.387 e. The van der Waals surface area contributed by atoms with Gasteiger partial charge in [0.1, 0.15) is 17.5 Å². The van der Waals surface area contributed by atoms with Crippen molar-refractivity contribution in [3.63, 3.8) is 0 Å². The van der Waals surface area contributed by atoms with E-state index in [1.807, 2.05) is 0 Å². The number of para-hydroxylation sites is 1. The first-order valence-corrected chi connectivity index (χ1v) is 7.97. The number of phenolic OH excluding ortho intramolecular Hbond substituents is 1. The summed E-state index contributed by atoms with van der Waals surface area (Å²) in [5, 5.41) is 12.9. The molecule has 0 saturated carbocycles. The third-order valence-corrected chi connectivity index (χ3v) is 3.97. The van der Waals surface area contributed by atoms with Crippen molar-refractivity contribution in [1.82, 2.24) is 5.32 Å². The van der Waals surface area contributed by atoms with Crippen LogP contribution in [-0.4, -0.2) is 24.8 Å². The van der Waals surface area contributed by atoms with Gasteiger partial charge in [-0.05, 0) is 36.6 Å². The van der Waals surface area contributed by atoms with Gasteiger partial charge in [-0.1, -0.05) is 30.3 Å². The second kappa shape index (κ2) is 8.62. The zero-order valence-corrected chi connectivity index (χ0v) is 14.8. The molecule has 0 unspecified atom stereocenters. The van der Waals surface area contributed by atoms with Crippen molar-refractivity contribution in [3.8, 4) is 11.5 Å². The molecule has 0 fully saturated rings. The van der Waals surface area contributed by atoms with E-state index in [-0.39, 0.29) is 18.0 Å². The molecule has 0 amide bonds. The average Bonchev–Trinajstić information content (AvgIpc) is 2.60. The number of carbonyl (C=O) groups excluding carboxylic acids is 1. The van der Waals surface area contributed by atoms with Crippen molar-refractivity contribution in [2.45, 2.75) is 33.0 Å². The molecule has 2 rings (SSSR count). The summed E-state index contributed by atoms with van der Waals surface area (Å²) in [7, 11) is 1.27. The number of carbonyl (C=O) groups is 1. The smallest absolute Gasteiger partial charge is 0.387 e.